The highest BCUT2D eigenvalue weighted by Gasteiger charge is 2.18. The summed E-state index contributed by atoms with van der Waals surface area (Å²) in [4.78, 5) is 21.0. The van der Waals surface area contributed by atoms with Crippen LogP contribution < -0.4 is 16.0 Å². The lowest BCUT2D eigenvalue weighted by molar-refractivity contribution is 0.0522. The second-order valence-electron chi connectivity index (χ2n) is 8.14. The quantitative estimate of drug-likeness (QED) is 0.334. The van der Waals surface area contributed by atoms with Crippen LogP contribution in [0.3, 0.4) is 0 Å². The lowest BCUT2D eigenvalue weighted by Gasteiger charge is -2.24. The minimum Gasteiger partial charge on any atom is -0.461 e. The molecule has 2 aromatic rings. The topological polar surface area (TPSA) is 129 Å². The van der Waals surface area contributed by atoms with Gasteiger partial charge in [-0.2, -0.15) is 0 Å². The number of ether oxygens (including phenoxy) is 1. The molecule has 1 unspecified atom stereocenters. The summed E-state index contributed by atoms with van der Waals surface area (Å²) in [5, 5.41) is 16.5. The first-order valence-corrected chi connectivity index (χ1v) is 10.8. The second kappa shape index (κ2) is 12.0. The van der Waals surface area contributed by atoms with Crippen LogP contribution in [0.25, 0.3) is 11.6 Å². The number of nitrogens with one attached hydrogen (secondary N) is 4. The van der Waals surface area contributed by atoms with Gasteiger partial charge in [0.25, 0.3) is 0 Å². The number of aromatic nitrogens is 3. The Bertz CT molecular complexity index is 809. The van der Waals surface area contributed by atoms with Crippen LogP contribution in [0.5, 0.6) is 0 Å². The van der Waals surface area contributed by atoms with E-state index in [-0.39, 0.29) is 6.04 Å². The maximum Gasteiger partial charge on any atom is 0.407 e. The molecular formula is C21H35N7O3. The molecule has 0 bridgehead atoms. The maximum atomic E-state index is 12.0. The predicted molar refractivity (Wildman–Crippen MR) is 120 cm³/mol. The average Bonchev–Trinajstić information content (AvgIpc) is 3.38. The van der Waals surface area contributed by atoms with Crippen LogP contribution in [0.4, 0.5) is 4.79 Å². The van der Waals surface area contributed by atoms with Gasteiger partial charge in [-0.3, -0.25) is 5.10 Å². The van der Waals surface area contributed by atoms with Crippen molar-refractivity contribution in [2.45, 2.75) is 72.1 Å². The van der Waals surface area contributed by atoms with Crippen LogP contribution in [-0.2, 0) is 11.3 Å². The predicted octanol–water partition coefficient (Wildman–Crippen LogP) is 3.20. The van der Waals surface area contributed by atoms with Gasteiger partial charge in [-0.15, -0.1) is 5.10 Å². The third-order valence-electron chi connectivity index (χ3n) is 4.14. The standard InChI is InChI=1S/C21H35N7O3/c1-6-8-10-15(13-24-20(29)31-21(3,4)5)25-19(22-7-2)23-14-17-26-18(28-27-17)16-11-9-12-30-16/h9,11-12,15H,6-8,10,13-14H2,1-5H3,(H,24,29)(H2,22,23,25)(H,26,27,28). The minimum atomic E-state index is -0.529. The van der Waals surface area contributed by atoms with E-state index >= 15 is 0 Å². The Labute approximate surface area is 183 Å². The summed E-state index contributed by atoms with van der Waals surface area (Å²) in [7, 11) is 0. The maximum absolute atomic E-state index is 12.0. The first-order valence-electron chi connectivity index (χ1n) is 10.8. The van der Waals surface area contributed by atoms with Crippen molar-refractivity contribution >= 4 is 12.1 Å². The van der Waals surface area contributed by atoms with Crippen molar-refractivity contribution in [2.75, 3.05) is 13.1 Å². The van der Waals surface area contributed by atoms with E-state index in [1.54, 1.807) is 18.4 Å². The molecule has 0 aliphatic carbocycles. The molecule has 0 aromatic carbocycles. The van der Waals surface area contributed by atoms with Crippen LogP contribution in [0.15, 0.2) is 27.8 Å². The molecule has 0 saturated carbocycles. The molecule has 0 spiro atoms. The molecule has 31 heavy (non-hydrogen) atoms. The SMILES string of the molecule is CCCCC(CNC(=O)OC(C)(C)C)NC(=NCc1nc(-c2ccco2)n[nH]1)NCC. The smallest absolute Gasteiger partial charge is 0.407 e. The van der Waals surface area contributed by atoms with Gasteiger partial charge < -0.3 is 25.1 Å². The molecule has 0 aliphatic rings. The van der Waals surface area contributed by atoms with Gasteiger partial charge in [0.2, 0.25) is 5.82 Å². The molecule has 2 rings (SSSR count). The molecule has 172 valence electrons. The zero-order valence-corrected chi connectivity index (χ0v) is 19.1. The minimum absolute atomic E-state index is 0.0127. The van der Waals surface area contributed by atoms with E-state index in [1.165, 1.54) is 0 Å². The Morgan fingerprint density at radius 2 is 2.13 bits per heavy atom. The number of amides is 1. The van der Waals surface area contributed by atoms with Crippen molar-refractivity contribution in [3.05, 3.63) is 24.2 Å². The molecule has 4 N–H and O–H groups in total. The zero-order valence-electron chi connectivity index (χ0n) is 19.1. The van der Waals surface area contributed by atoms with Crippen LogP contribution in [-0.4, -0.2) is 52.0 Å². The number of hydrogen-bond acceptors (Lipinski definition) is 6. The van der Waals surface area contributed by atoms with Gasteiger partial charge in [-0.1, -0.05) is 19.8 Å². The second-order valence-corrected chi connectivity index (χ2v) is 8.14. The van der Waals surface area contributed by atoms with Crippen molar-refractivity contribution in [2.24, 2.45) is 4.99 Å². The van der Waals surface area contributed by atoms with Gasteiger partial charge in [0, 0.05) is 19.1 Å². The summed E-state index contributed by atoms with van der Waals surface area (Å²) in [6.07, 6.45) is 4.14. The fourth-order valence-electron chi connectivity index (χ4n) is 2.75. The Morgan fingerprint density at radius 1 is 1.32 bits per heavy atom. The van der Waals surface area contributed by atoms with Gasteiger partial charge >= 0.3 is 6.09 Å². The Balaban J connectivity index is 1.98. The average molecular weight is 434 g/mol. The van der Waals surface area contributed by atoms with Crippen LogP contribution in [0.1, 0.15) is 59.7 Å². The van der Waals surface area contributed by atoms with Crippen LogP contribution >= 0.6 is 0 Å². The number of unbranched alkanes of at least 4 members (excludes halogenated alkanes) is 1. The molecule has 1 amide bonds. The van der Waals surface area contributed by atoms with Crippen molar-refractivity contribution in [3.8, 4) is 11.6 Å². The van der Waals surface area contributed by atoms with Gasteiger partial charge in [-0.05, 0) is 46.2 Å². The number of aliphatic imine (C=N–C) groups is 1. The number of furan rings is 1. The fraction of sp³-hybridized carbons (Fsp3) is 0.619. The largest absolute Gasteiger partial charge is 0.461 e. The summed E-state index contributed by atoms with van der Waals surface area (Å²) < 4.78 is 10.6. The van der Waals surface area contributed by atoms with Gasteiger partial charge in [0.15, 0.2) is 11.7 Å². The summed E-state index contributed by atoms with van der Waals surface area (Å²) in [6.45, 7) is 11.1. The normalized spacial score (nSPS) is 13.0. The van der Waals surface area contributed by atoms with E-state index in [1.807, 2.05) is 27.7 Å². The molecule has 0 fully saturated rings. The van der Waals surface area contributed by atoms with Gasteiger partial charge in [-0.25, -0.2) is 14.8 Å². The Kier molecular flexibility index (Phi) is 9.36. The lowest BCUT2D eigenvalue weighted by atomic mass is 10.1. The summed E-state index contributed by atoms with van der Waals surface area (Å²) in [5.41, 5.74) is -0.529. The summed E-state index contributed by atoms with van der Waals surface area (Å²) >= 11 is 0. The monoisotopic (exact) mass is 433 g/mol. The molecule has 0 radical (unpaired) electrons. The molecule has 10 nitrogen and oxygen atoms in total. The van der Waals surface area contributed by atoms with Crippen molar-refractivity contribution < 1.29 is 13.9 Å². The van der Waals surface area contributed by atoms with E-state index in [2.05, 4.69) is 43.0 Å². The molecule has 2 aromatic heterocycles. The number of carbonyl (C=O) groups is 1. The van der Waals surface area contributed by atoms with E-state index < -0.39 is 11.7 Å². The Morgan fingerprint density at radius 3 is 2.77 bits per heavy atom. The number of hydrogen-bond donors (Lipinski definition) is 4. The molecule has 1 atom stereocenters. The number of alkyl carbamates (subject to hydrolysis) is 1. The molecule has 0 saturated heterocycles. The molecular weight excluding hydrogens is 398 g/mol. The molecule has 2 heterocycles. The van der Waals surface area contributed by atoms with E-state index in [0.29, 0.717) is 43.0 Å². The number of aromatic amines is 1. The third-order valence-corrected chi connectivity index (χ3v) is 4.14. The van der Waals surface area contributed by atoms with Crippen LogP contribution in [0.2, 0.25) is 0 Å². The molecule has 0 aliphatic heterocycles. The van der Waals surface area contributed by atoms with Gasteiger partial charge in [0.05, 0.1) is 6.26 Å². The number of guanidine groups is 1. The number of rotatable bonds is 10. The van der Waals surface area contributed by atoms with Gasteiger partial charge in [0.1, 0.15) is 18.0 Å². The fourth-order valence-corrected chi connectivity index (χ4v) is 2.75. The third kappa shape index (κ3) is 9.10. The number of H-pyrrole nitrogens is 1. The van der Waals surface area contributed by atoms with E-state index in [9.17, 15) is 4.79 Å². The van der Waals surface area contributed by atoms with E-state index in [0.717, 1.165) is 19.3 Å². The zero-order chi connectivity index (χ0) is 22.7. The highest BCUT2D eigenvalue weighted by atomic mass is 16.6. The van der Waals surface area contributed by atoms with E-state index in [4.69, 9.17) is 9.15 Å². The van der Waals surface area contributed by atoms with Crippen molar-refractivity contribution in [1.29, 1.82) is 0 Å². The number of nitrogens with zero attached hydrogens (tertiary/aromatic N) is 3. The highest BCUT2D eigenvalue weighted by molar-refractivity contribution is 5.80. The first kappa shape index (κ1) is 24.2. The lowest BCUT2D eigenvalue weighted by Crippen LogP contribution is -2.49. The van der Waals surface area contributed by atoms with Crippen LogP contribution in [0, 0.1) is 0 Å². The Hall–Kier alpha value is -3.04. The summed E-state index contributed by atoms with van der Waals surface area (Å²) in [5.74, 6) is 2.37. The summed E-state index contributed by atoms with van der Waals surface area (Å²) in [6, 6.07) is 3.61. The van der Waals surface area contributed by atoms with Crippen molar-refractivity contribution in [3.63, 3.8) is 0 Å². The first-order chi connectivity index (χ1) is 14.8. The highest BCUT2D eigenvalue weighted by Crippen LogP contribution is 2.14. The van der Waals surface area contributed by atoms with Crippen molar-refractivity contribution in [1.82, 2.24) is 31.1 Å². The molecule has 10 heteroatoms. The number of carbonyl (C=O) groups excluding carboxylic acids is 1.